The number of aromatic nitrogens is 2. The smallest absolute Gasteiger partial charge is 0.254 e. The van der Waals surface area contributed by atoms with Crippen molar-refractivity contribution in [2.75, 3.05) is 14.2 Å². The highest BCUT2D eigenvalue weighted by molar-refractivity contribution is 5.97. The molecule has 2 aromatic heterocycles. The van der Waals surface area contributed by atoms with Gasteiger partial charge in [-0.05, 0) is 48.7 Å². The topological polar surface area (TPSA) is 68.5 Å². The van der Waals surface area contributed by atoms with Crippen LogP contribution in [0.4, 0.5) is 0 Å². The van der Waals surface area contributed by atoms with Crippen molar-refractivity contribution >= 4 is 27.9 Å². The van der Waals surface area contributed by atoms with Crippen LogP contribution < -0.4 is 4.74 Å². The molecule has 0 bridgehead atoms. The van der Waals surface area contributed by atoms with Gasteiger partial charge in [0.25, 0.3) is 5.91 Å². The Bertz CT molecular complexity index is 1230. The molecule has 29 heavy (non-hydrogen) atoms. The number of oxazole rings is 1. The van der Waals surface area contributed by atoms with Gasteiger partial charge in [0.1, 0.15) is 16.8 Å². The predicted octanol–water partition coefficient (Wildman–Crippen LogP) is 4.53. The fraction of sp³-hybridized carbons (Fsp3) is 0.261. The van der Waals surface area contributed by atoms with Crippen molar-refractivity contribution in [3.8, 4) is 5.75 Å². The van der Waals surface area contributed by atoms with Crippen molar-refractivity contribution < 1.29 is 13.9 Å². The number of hydrogen-bond donors (Lipinski definition) is 0. The van der Waals surface area contributed by atoms with Gasteiger partial charge in [0.15, 0.2) is 11.5 Å². The fourth-order valence-electron chi connectivity index (χ4n) is 3.64. The first kappa shape index (κ1) is 17.7. The Morgan fingerprint density at radius 3 is 2.90 bits per heavy atom. The SMILES string of the molecule is COc1ccc(CN(C)C(=O)c2ccc3nc(C4CC4)oc3c2)c2cccnc12. The molecule has 6 heteroatoms. The van der Waals surface area contributed by atoms with Crippen LogP contribution in [0.3, 0.4) is 0 Å². The number of carbonyl (C=O) groups excluding carboxylic acids is 1. The van der Waals surface area contributed by atoms with Crippen LogP contribution in [0.15, 0.2) is 53.1 Å². The summed E-state index contributed by atoms with van der Waals surface area (Å²) in [5.41, 5.74) is 3.88. The number of rotatable bonds is 5. The summed E-state index contributed by atoms with van der Waals surface area (Å²) in [6, 6.07) is 13.2. The largest absolute Gasteiger partial charge is 0.494 e. The number of methoxy groups -OCH3 is 1. The molecule has 1 saturated carbocycles. The Balaban J connectivity index is 1.42. The number of ether oxygens (including phenoxy) is 1. The Morgan fingerprint density at radius 1 is 1.24 bits per heavy atom. The van der Waals surface area contributed by atoms with Gasteiger partial charge in [-0.15, -0.1) is 0 Å². The first-order chi connectivity index (χ1) is 14.1. The zero-order valence-electron chi connectivity index (χ0n) is 16.4. The second-order valence-electron chi connectivity index (χ2n) is 7.50. The van der Waals surface area contributed by atoms with E-state index in [2.05, 4.69) is 9.97 Å². The van der Waals surface area contributed by atoms with E-state index < -0.39 is 0 Å². The van der Waals surface area contributed by atoms with E-state index >= 15 is 0 Å². The fourth-order valence-corrected chi connectivity index (χ4v) is 3.64. The van der Waals surface area contributed by atoms with Crippen LogP contribution >= 0.6 is 0 Å². The molecular weight excluding hydrogens is 366 g/mol. The lowest BCUT2D eigenvalue weighted by molar-refractivity contribution is 0.0785. The summed E-state index contributed by atoms with van der Waals surface area (Å²) >= 11 is 0. The lowest BCUT2D eigenvalue weighted by atomic mass is 10.1. The second kappa shape index (κ2) is 6.88. The lowest BCUT2D eigenvalue weighted by Gasteiger charge is -2.19. The minimum Gasteiger partial charge on any atom is -0.494 e. The van der Waals surface area contributed by atoms with Crippen LogP contribution in [0.25, 0.3) is 22.0 Å². The maximum Gasteiger partial charge on any atom is 0.254 e. The zero-order valence-corrected chi connectivity index (χ0v) is 16.4. The molecule has 4 aromatic rings. The minimum absolute atomic E-state index is 0.0656. The summed E-state index contributed by atoms with van der Waals surface area (Å²) < 4.78 is 11.3. The molecule has 146 valence electrons. The lowest BCUT2D eigenvalue weighted by Crippen LogP contribution is -2.26. The highest BCUT2D eigenvalue weighted by atomic mass is 16.5. The molecule has 1 aliphatic rings. The van der Waals surface area contributed by atoms with E-state index in [1.807, 2.05) is 36.4 Å². The van der Waals surface area contributed by atoms with E-state index in [0.717, 1.165) is 46.5 Å². The number of carbonyl (C=O) groups is 1. The third-order valence-corrected chi connectivity index (χ3v) is 5.38. The van der Waals surface area contributed by atoms with Gasteiger partial charge in [-0.1, -0.05) is 12.1 Å². The molecule has 1 amide bonds. The van der Waals surface area contributed by atoms with Crippen LogP contribution in [0.1, 0.15) is 40.6 Å². The third-order valence-electron chi connectivity index (χ3n) is 5.38. The summed E-state index contributed by atoms with van der Waals surface area (Å²) in [4.78, 5) is 23.7. The van der Waals surface area contributed by atoms with Crippen LogP contribution in [-0.4, -0.2) is 34.9 Å². The number of benzene rings is 2. The van der Waals surface area contributed by atoms with E-state index in [0.29, 0.717) is 23.6 Å². The molecule has 0 spiro atoms. The first-order valence-corrected chi connectivity index (χ1v) is 9.70. The Kier molecular flexibility index (Phi) is 4.19. The average molecular weight is 387 g/mol. The average Bonchev–Trinajstić information content (AvgIpc) is 3.52. The molecule has 0 unspecified atom stereocenters. The normalized spacial score (nSPS) is 13.7. The van der Waals surface area contributed by atoms with Gasteiger partial charge in [0.05, 0.1) is 7.11 Å². The minimum atomic E-state index is -0.0656. The molecule has 0 atom stereocenters. The van der Waals surface area contributed by atoms with Gasteiger partial charge in [-0.2, -0.15) is 0 Å². The molecule has 6 nitrogen and oxygen atoms in total. The van der Waals surface area contributed by atoms with Crippen molar-refractivity contribution in [2.45, 2.75) is 25.3 Å². The molecule has 2 heterocycles. The molecular formula is C23H21N3O3. The summed E-state index contributed by atoms with van der Waals surface area (Å²) in [7, 11) is 3.43. The maximum absolute atomic E-state index is 13.0. The van der Waals surface area contributed by atoms with Gasteiger partial charge >= 0.3 is 0 Å². The van der Waals surface area contributed by atoms with Crippen molar-refractivity contribution in [3.05, 3.63) is 65.7 Å². The van der Waals surface area contributed by atoms with Crippen LogP contribution in [-0.2, 0) is 6.54 Å². The summed E-state index contributed by atoms with van der Waals surface area (Å²) in [5.74, 6) is 1.89. The van der Waals surface area contributed by atoms with Crippen molar-refractivity contribution in [3.63, 3.8) is 0 Å². The maximum atomic E-state index is 13.0. The number of amides is 1. The Hall–Kier alpha value is -3.41. The zero-order chi connectivity index (χ0) is 20.0. The number of fused-ring (bicyclic) bond motifs is 2. The molecule has 1 aliphatic carbocycles. The first-order valence-electron chi connectivity index (χ1n) is 9.70. The van der Waals surface area contributed by atoms with Gasteiger partial charge in [-0.3, -0.25) is 9.78 Å². The predicted molar refractivity (Wildman–Crippen MR) is 110 cm³/mol. The molecule has 5 rings (SSSR count). The number of hydrogen-bond acceptors (Lipinski definition) is 5. The van der Waals surface area contributed by atoms with Crippen molar-refractivity contribution in [1.82, 2.24) is 14.9 Å². The number of nitrogens with zero attached hydrogens (tertiary/aromatic N) is 3. The Morgan fingerprint density at radius 2 is 2.10 bits per heavy atom. The quantitative estimate of drug-likeness (QED) is 0.503. The molecule has 0 N–H and O–H groups in total. The van der Waals surface area contributed by atoms with Crippen molar-refractivity contribution in [1.29, 1.82) is 0 Å². The van der Waals surface area contributed by atoms with Crippen molar-refractivity contribution in [2.24, 2.45) is 0 Å². The van der Waals surface area contributed by atoms with Crippen LogP contribution in [0.5, 0.6) is 5.75 Å². The molecule has 0 radical (unpaired) electrons. The summed E-state index contributed by atoms with van der Waals surface area (Å²) in [6.07, 6.45) is 4.00. The third kappa shape index (κ3) is 3.20. The van der Waals surface area contributed by atoms with Crippen LogP contribution in [0.2, 0.25) is 0 Å². The second-order valence-corrected chi connectivity index (χ2v) is 7.50. The Labute approximate surface area is 168 Å². The van der Waals surface area contributed by atoms with Crippen LogP contribution in [0, 0.1) is 0 Å². The molecule has 0 aliphatic heterocycles. The standard InChI is InChI=1S/C23H21N3O3/c1-26(13-16-8-10-19(28-2)21-17(16)4-3-11-24-21)23(27)15-7-9-18-20(12-15)29-22(25-18)14-5-6-14/h3-4,7-12,14H,5-6,13H2,1-2H3. The molecule has 2 aromatic carbocycles. The van der Waals surface area contributed by atoms with Gasteiger partial charge in [0, 0.05) is 36.7 Å². The molecule has 1 fully saturated rings. The van der Waals surface area contributed by atoms with E-state index in [9.17, 15) is 4.79 Å². The van der Waals surface area contributed by atoms with E-state index in [-0.39, 0.29) is 5.91 Å². The van der Waals surface area contributed by atoms with Gasteiger partial charge < -0.3 is 14.1 Å². The van der Waals surface area contributed by atoms with Gasteiger partial charge in [0.2, 0.25) is 0 Å². The van der Waals surface area contributed by atoms with E-state index in [1.54, 1.807) is 31.3 Å². The summed E-state index contributed by atoms with van der Waals surface area (Å²) in [6.45, 7) is 0.465. The summed E-state index contributed by atoms with van der Waals surface area (Å²) in [5, 5.41) is 0.978. The van der Waals surface area contributed by atoms with Gasteiger partial charge in [-0.25, -0.2) is 4.98 Å². The highest BCUT2D eigenvalue weighted by Crippen LogP contribution is 2.40. The van der Waals surface area contributed by atoms with E-state index in [1.165, 1.54) is 0 Å². The highest BCUT2D eigenvalue weighted by Gasteiger charge is 2.29. The monoisotopic (exact) mass is 387 g/mol. The molecule has 0 saturated heterocycles. The van der Waals surface area contributed by atoms with E-state index in [4.69, 9.17) is 9.15 Å². The number of pyridine rings is 1.